The average Bonchev–Trinajstić information content (AvgIpc) is 2.96. The molecule has 2 heterocycles. The van der Waals surface area contributed by atoms with E-state index in [4.69, 9.17) is 4.98 Å². The zero-order valence-corrected chi connectivity index (χ0v) is 12.4. The minimum absolute atomic E-state index is 0.993. The molecule has 106 valence electrons. The van der Waals surface area contributed by atoms with Crippen molar-refractivity contribution >= 4 is 5.52 Å². The highest BCUT2D eigenvalue weighted by Crippen LogP contribution is 2.30. The molecule has 0 radical (unpaired) electrons. The van der Waals surface area contributed by atoms with E-state index in [2.05, 4.69) is 78.2 Å². The van der Waals surface area contributed by atoms with Crippen molar-refractivity contribution < 1.29 is 0 Å². The van der Waals surface area contributed by atoms with E-state index in [0.29, 0.717) is 0 Å². The van der Waals surface area contributed by atoms with Crippen LogP contribution in [-0.2, 0) is 0 Å². The maximum Gasteiger partial charge on any atom is 0.145 e. The molecular formula is C20H16N2. The van der Waals surface area contributed by atoms with Gasteiger partial charge in [-0.2, -0.15) is 0 Å². The fourth-order valence-electron chi connectivity index (χ4n) is 2.86. The van der Waals surface area contributed by atoms with E-state index in [1.807, 2.05) is 12.1 Å². The van der Waals surface area contributed by atoms with E-state index in [1.54, 1.807) is 0 Å². The molecule has 0 amide bonds. The number of hydrogen-bond acceptors (Lipinski definition) is 1. The van der Waals surface area contributed by atoms with Gasteiger partial charge >= 0.3 is 0 Å². The van der Waals surface area contributed by atoms with Gasteiger partial charge in [-0.05, 0) is 24.6 Å². The highest BCUT2D eigenvalue weighted by atomic mass is 15.0. The van der Waals surface area contributed by atoms with Crippen molar-refractivity contribution in [1.82, 2.24) is 9.38 Å². The van der Waals surface area contributed by atoms with Crippen LogP contribution in [0.4, 0.5) is 0 Å². The number of aryl methyl sites for hydroxylation is 1. The zero-order chi connectivity index (χ0) is 14.9. The third-order valence-corrected chi connectivity index (χ3v) is 3.98. The third-order valence-electron chi connectivity index (χ3n) is 3.98. The Morgan fingerprint density at radius 2 is 1.50 bits per heavy atom. The van der Waals surface area contributed by atoms with Crippen molar-refractivity contribution in [1.29, 1.82) is 0 Å². The van der Waals surface area contributed by atoms with Crippen LogP contribution in [0.3, 0.4) is 0 Å². The van der Waals surface area contributed by atoms with E-state index in [9.17, 15) is 0 Å². The summed E-state index contributed by atoms with van der Waals surface area (Å²) >= 11 is 0. The molecule has 0 fully saturated rings. The van der Waals surface area contributed by atoms with Gasteiger partial charge in [-0.15, -0.1) is 0 Å². The molecule has 0 atom stereocenters. The Morgan fingerprint density at radius 3 is 2.32 bits per heavy atom. The van der Waals surface area contributed by atoms with Crippen LogP contribution in [0.1, 0.15) is 5.56 Å². The Balaban J connectivity index is 2.04. The van der Waals surface area contributed by atoms with E-state index < -0.39 is 0 Å². The third kappa shape index (κ3) is 2.01. The number of aromatic nitrogens is 2. The maximum absolute atomic E-state index is 4.95. The second-order valence-corrected chi connectivity index (χ2v) is 5.42. The Hall–Kier alpha value is -2.87. The van der Waals surface area contributed by atoms with Gasteiger partial charge in [-0.25, -0.2) is 4.98 Å². The number of fused-ring (bicyclic) bond motifs is 1. The van der Waals surface area contributed by atoms with Gasteiger partial charge in [0.15, 0.2) is 0 Å². The first kappa shape index (κ1) is 12.8. The second kappa shape index (κ2) is 5.15. The quantitative estimate of drug-likeness (QED) is 0.507. The number of imidazole rings is 1. The molecule has 2 nitrogen and oxygen atoms in total. The van der Waals surface area contributed by atoms with Crippen LogP contribution in [-0.4, -0.2) is 9.38 Å². The lowest BCUT2D eigenvalue weighted by atomic mass is 10.1. The van der Waals surface area contributed by atoms with Gasteiger partial charge in [-0.3, -0.25) is 4.40 Å². The lowest BCUT2D eigenvalue weighted by Crippen LogP contribution is -1.90. The largest absolute Gasteiger partial charge is 0.299 e. The van der Waals surface area contributed by atoms with Gasteiger partial charge in [0.25, 0.3) is 0 Å². The minimum atomic E-state index is 0.993. The standard InChI is InChI=1S/C20H16N2/c1-15-9-5-6-12-17(15)20-21-19(16-10-3-2-4-11-16)18-13-7-8-14-22(18)20/h2-14H,1H3. The first-order chi connectivity index (χ1) is 10.8. The molecule has 0 saturated heterocycles. The monoisotopic (exact) mass is 284 g/mol. The van der Waals surface area contributed by atoms with Crippen molar-refractivity contribution in [3.63, 3.8) is 0 Å². The van der Waals surface area contributed by atoms with E-state index in [-0.39, 0.29) is 0 Å². The van der Waals surface area contributed by atoms with Gasteiger partial charge in [0, 0.05) is 17.3 Å². The lowest BCUT2D eigenvalue weighted by molar-refractivity contribution is 1.15. The molecule has 4 aromatic rings. The molecule has 0 aliphatic rings. The first-order valence-corrected chi connectivity index (χ1v) is 7.43. The maximum atomic E-state index is 4.95. The van der Waals surface area contributed by atoms with Crippen LogP contribution in [0.25, 0.3) is 28.2 Å². The van der Waals surface area contributed by atoms with Gasteiger partial charge in [0.2, 0.25) is 0 Å². The number of hydrogen-bond donors (Lipinski definition) is 0. The van der Waals surface area contributed by atoms with Crippen LogP contribution < -0.4 is 0 Å². The van der Waals surface area contributed by atoms with E-state index in [0.717, 1.165) is 22.6 Å². The summed E-state index contributed by atoms with van der Waals surface area (Å²) in [6, 6.07) is 25.0. The minimum Gasteiger partial charge on any atom is -0.299 e. The molecule has 22 heavy (non-hydrogen) atoms. The summed E-state index contributed by atoms with van der Waals surface area (Å²) in [7, 11) is 0. The van der Waals surface area contributed by atoms with Crippen molar-refractivity contribution in [2.24, 2.45) is 0 Å². The summed E-state index contributed by atoms with van der Waals surface area (Å²) < 4.78 is 2.17. The Labute approximate surface area is 129 Å². The normalized spacial score (nSPS) is 11.0. The summed E-state index contributed by atoms with van der Waals surface area (Å²) in [6.45, 7) is 2.13. The molecule has 2 aromatic carbocycles. The first-order valence-electron chi connectivity index (χ1n) is 7.43. The predicted octanol–water partition coefficient (Wildman–Crippen LogP) is 4.98. The molecule has 0 saturated carbocycles. The number of benzene rings is 2. The van der Waals surface area contributed by atoms with E-state index in [1.165, 1.54) is 11.1 Å². The van der Waals surface area contributed by atoms with Crippen LogP contribution in [0.15, 0.2) is 79.0 Å². The average molecular weight is 284 g/mol. The molecule has 0 spiro atoms. The molecular weight excluding hydrogens is 268 g/mol. The fraction of sp³-hybridized carbons (Fsp3) is 0.0500. The van der Waals surface area contributed by atoms with Crippen molar-refractivity contribution in [2.75, 3.05) is 0 Å². The molecule has 2 aromatic heterocycles. The Kier molecular flexibility index (Phi) is 3.01. The molecule has 4 rings (SSSR count). The summed E-state index contributed by atoms with van der Waals surface area (Å²) in [5, 5.41) is 0. The molecule has 0 N–H and O–H groups in total. The van der Waals surface area contributed by atoms with Crippen molar-refractivity contribution in [3.8, 4) is 22.6 Å². The second-order valence-electron chi connectivity index (χ2n) is 5.42. The van der Waals surface area contributed by atoms with E-state index >= 15 is 0 Å². The van der Waals surface area contributed by atoms with Gasteiger partial charge in [0.05, 0.1) is 11.2 Å². The van der Waals surface area contributed by atoms with Crippen LogP contribution in [0, 0.1) is 6.92 Å². The predicted molar refractivity (Wildman–Crippen MR) is 90.8 cm³/mol. The van der Waals surface area contributed by atoms with Crippen molar-refractivity contribution in [2.45, 2.75) is 6.92 Å². The molecule has 2 heteroatoms. The summed E-state index contributed by atoms with van der Waals surface area (Å²) in [6.07, 6.45) is 2.08. The summed E-state index contributed by atoms with van der Waals surface area (Å²) in [5.41, 5.74) is 5.71. The molecule has 0 unspecified atom stereocenters. The highest BCUT2D eigenvalue weighted by Gasteiger charge is 2.14. The fourth-order valence-corrected chi connectivity index (χ4v) is 2.86. The smallest absolute Gasteiger partial charge is 0.145 e. The van der Waals surface area contributed by atoms with Gasteiger partial charge in [0.1, 0.15) is 5.82 Å². The van der Waals surface area contributed by atoms with Crippen LogP contribution in [0.2, 0.25) is 0 Å². The van der Waals surface area contributed by atoms with Gasteiger partial charge < -0.3 is 0 Å². The highest BCUT2D eigenvalue weighted by molar-refractivity contribution is 5.81. The Bertz CT molecular complexity index is 936. The van der Waals surface area contributed by atoms with Crippen molar-refractivity contribution in [3.05, 3.63) is 84.6 Å². The molecule has 0 aliphatic carbocycles. The summed E-state index contributed by atoms with van der Waals surface area (Å²) in [5.74, 6) is 0.993. The topological polar surface area (TPSA) is 17.3 Å². The summed E-state index contributed by atoms with van der Waals surface area (Å²) in [4.78, 5) is 4.95. The molecule has 0 bridgehead atoms. The van der Waals surface area contributed by atoms with Gasteiger partial charge in [-0.1, -0.05) is 60.7 Å². The number of nitrogens with zero attached hydrogens (tertiary/aromatic N) is 2. The van der Waals surface area contributed by atoms with Crippen LogP contribution >= 0.6 is 0 Å². The molecule has 0 aliphatic heterocycles. The SMILES string of the molecule is Cc1ccccc1-c1nc(-c2ccccc2)c2ccccn12. The zero-order valence-electron chi connectivity index (χ0n) is 12.4. The number of rotatable bonds is 2. The Morgan fingerprint density at radius 1 is 0.773 bits per heavy atom. The lowest BCUT2D eigenvalue weighted by Gasteiger charge is -2.04. The van der Waals surface area contributed by atoms with Crippen LogP contribution in [0.5, 0.6) is 0 Å². The number of pyridine rings is 1.